The van der Waals surface area contributed by atoms with Crippen molar-refractivity contribution in [3.8, 4) is 0 Å². The largest absolute Gasteiger partial charge is 1.00 e. The minimum atomic E-state index is -1.26. The number of carbonyl (C=O) groups is 3. The summed E-state index contributed by atoms with van der Waals surface area (Å²) in [5, 5.41) is 24.8. The lowest BCUT2D eigenvalue weighted by Gasteiger charge is -2.30. The molecule has 208 valence electrons. The number of hydrogen-bond acceptors (Lipinski definition) is 4. The Morgan fingerprint density at radius 2 is 1.08 bits per heavy atom. The third kappa shape index (κ3) is 23.6. The molecule has 1 aromatic carbocycles. The Bertz CT molecular complexity index is 677. The molecule has 0 unspecified atom stereocenters. The fourth-order valence-corrected chi connectivity index (χ4v) is 3.93. The lowest BCUT2D eigenvalue weighted by Crippen LogP contribution is -3.00. The van der Waals surface area contributed by atoms with Crippen LogP contribution < -0.4 is 12.4 Å². The Balaban J connectivity index is 0. The molecule has 0 heterocycles. The van der Waals surface area contributed by atoms with Crippen molar-refractivity contribution in [1.29, 1.82) is 0 Å². The van der Waals surface area contributed by atoms with Gasteiger partial charge in [-0.05, 0) is 12.8 Å². The van der Waals surface area contributed by atoms with Crippen LogP contribution in [0.25, 0.3) is 0 Å². The van der Waals surface area contributed by atoms with Crippen LogP contribution in [0.5, 0.6) is 0 Å². The molecule has 0 aliphatic carbocycles. The van der Waals surface area contributed by atoms with Gasteiger partial charge in [0, 0.05) is 5.56 Å². The summed E-state index contributed by atoms with van der Waals surface area (Å²) in [5.41, 5.74) is 1.46. The van der Waals surface area contributed by atoms with E-state index in [0.717, 1.165) is 15.9 Å². The fourth-order valence-electron chi connectivity index (χ4n) is 3.93. The van der Waals surface area contributed by atoms with Crippen LogP contribution >= 0.6 is 0 Å². The highest BCUT2D eigenvalue weighted by molar-refractivity contribution is 5.75. The zero-order valence-electron chi connectivity index (χ0n) is 22.3. The first-order valence-electron chi connectivity index (χ1n) is 12.8. The van der Waals surface area contributed by atoms with Crippen LogP contribution in [0.1, 0.15) is 76.7 Å². The van der Waals surface area contributed by atoms with Gasteiger partial charge in [-0.1, -0.05) is 88.6 Å². The summed E-state index contributed by atoms with van der Waals surface area (Å²) in [6.45, 7) is 2.94. The number of carboxylic acid groups (broad SMARTS) is 3. The molecule has 8 nitrogen and oxygen atoms in total. The molecule has 3 N–H and O–H groups in total. The molecule has 0 amide bonds. The lowest BCUT2D eigenvalue weighted by molar-refractivity contribution is -0.903. The van der Waals surface area contributed by atoms with E-state index in [1.165, 1.54) is 76.3 Å². The van der Waals surface area contributed by atoms with Crippen molar-refractivity contribution in [2.75, 3.05) is 40.3 Å². The summed E-state index contributed by atoms with van der Waals surface area (Å²) < 4.78 is 1.11. The monoisotopic (exact) mass is 530 g/mol. The third-order valence-electron chi connectivity index (χ3n) is 5.65. The van der Waals surface area contributed by atoms with E-state index >= 15 is 0 Å². The number of aliphatic carboxylic acids is 3. The van der Waals surface area contributed by atoms with Crippen LogP contribution in [-0.2, 0) is 20.9 Å². The second-order valence-electron chi connectivity index (χ2n) is 9.81. The molecule has 36 heavy (non-hydrogen) atoms. The number of unbranched alkanes of at least 4 members (excludes halogenated alkanes) is 9. The fraction of sp³-hybridized carbons (Fsp3) is 0.667. The summed E-state index contributed by atoms with van der Waals surface area (Å²) in [6, 6.07) is 10.9. The molecule has 0 atom stereocenters. The predicted molar refractivity (Wildman–Crippen MR) is 138 cm³/mol. The molecule has 0 radical (unpaired) electrons. The Morgan fingerprint density at radius 3 is 1.47 bits per heavy atom. The number of carboxylic acids is 3. The molecular weight excluding hydrogens is 484 g/mol. The zero-order chi connectivity index (χ0) is 26.5. The zero-order valence-corrected chi connectivity index (χ0v) is 23.1. The van der Waals surface area contributed by atoms with E-state index in [1.54, 1.807) is 0 Å². The maximum absolute atomic E-state index is 10.1. The summed E-state index contributed by atoms with van der Waals surface area (Å²) >= 11 is 0. The molecule has 9 heteroatoms. The van der Waals surface area contributed by atoms with E-state index in [-0.39, 0.29) is 12.4 Å². The van der Waals surface area contributed by atoms with Gasteiger partial charge < -0.3 is 32.2 Å². The Kier molecular flexibility index (Phi) is 22.1. The lowest BCUT2D eigenvalue weighted by atomic mass is 10.1. The van der Waals surface area contributed by atoms with Gasteiger partial charge in [0.05, 0.1) is 40.3 Å². The van der Waals surface area contributed by atoms with Crippen molar-refractivity contribution >= 4 is 17.9 Å². The first kappa shape index (κ1) is 36.0. The van der Waals surface area contributed by atoms with Gasteiger partial charge in [0.2, 0.25) is 0 Å². The molecule has 1 aromatic rings. The average molecular weight is 531 g/mol. The van der Waals surface area contributed by atoms with Crippen LogP contribution in [0.3, 0.4) is 0 Å². The minimum absolute atomic E-state index is 0. The van der Waals surface area contributed by atoms with Crippen LogP contribution in [-0.4, -0.2) is 82.9 Å². The number of hydrogen-bond donors (Lipinski definition) is 3. The average Bonchev–Trinajstić information content (AvgIpc) is 2.74. The van der Waals surface area contributed by atoms with Gasteiger partial charge in [-0.3, -0.25) is 19.3 Å². The SMILES string of the molecule is CCCCCCCCCCCC[N+](C)(C)Cc1ccccc1.O=C(O)CN(CC(=O)O)CC(=O)O.[Cl-]. The van der Waals surface area contributed by atoms with Gasteiger partial charge in [0.25, 0.3) is 0 Å². The maximum Gasteiger partial charge on any atom is 0.317 e. The molecule has 0 saturated carbocycles. The van der Waals surface area contributed by atoms with Gasteiger partial charge in [0.15, 0.2) is 0 Å². The molecule has 0 bridgehead atoms. The highest BCUT2D eigenvalue weighted by Gasteiger charge is 2.16. The second kappa shape index (κ2) is 22.1. The normalized spacial score (nSPS) is 10.8. The molecule has 0 aliphatic rings. The number of nitrogens with zero attached hydrogens (tertiary/aromatic N) is 2. The third-order valence-corrected chi connectivity index (χ3v) is 5.65. The topological polar surface area (TPSA) is 115 Å². The van der Waals surface area contributed by atoms with Crippen molar-refractivity contribution in [3.05, 3.63) is 35.9 Å². The Morgan fingerprint density at radius 1 is 0.694 bits per heavy atom. The highest BCUT2D eigenvalue weighted by Crippen LogP contribution is 2.14. The molecule has 0 aromatic heterocycles. The molecule has 0 aliphatic heterocycles. The van der Waals surface area contributed by atoms with Crippen LogP contribution in [0.2, 0.25) is 0 Å². The Hall–Kier alpha value is -2.16. The van der Waals surface area contributed by atoms with Crippen molar-refractivity contribution in [2.45, 2.75) is 77.7 Å². The van der Waals surface area contributed by atoms with E-state index in [1.807, 2.05) is 0 Å². The quantitative estimate of drug-likeness (QED) is 0.184. The molecule has 0 fully saturated rings. The van der Waals surface area contributed by atoms with Gasteiger partial charge in [-0.15, -0.1) is 0 Å². The summed E-state index contributed by atoms with van der Waals surface area (Å²) in [7, 11) is 4.72. The number of quaternary nitrogens is 1. The summed E-state index contributed by atoms with van der Waals surface area (Å²) in [4.78, 5) is 31.2. The first-order chi connectivity index (χ1) is 16.6. The highest BCUT2D eigenvalue weighted by atomic mass is 35.5. The van der Waals surface area contributed by atoms with E-state index in [4.69, 9.17) is 15.3 Å². The standard InChI is InChI=1S/C21H38N.C6H9NO6.ClH/c1-4-5-6-7-8-9-10-11-12-16-19-22(2,3)20-21-17-14-13-15-18-21;8-4(9)1-7(2-5(10)11)3-6(12)13;/h13-15,17-18H,4-12,16,19-20H2,1-3H3;1-3H2,(H,8,9)(H,10,11)(H,12,13);1H/q+1;;/p-1. The second-order valence-corrected chi connectivity index (χ2v) is 9.81. The first-order valence-corrected chi connectivity index (χ1v) is 12.8. The molecule has 1 rings (SSSR count). The van der Waals surface area contributed by atoms with Crippen molar-refractivity contribution < 1.29 is 46.6 Å². The van der Waals surface area contributed by atoms with E-state index < -0.39 is 37.5 Å². The van der Waals surface area contributed by atoms with Crippen LogP contribution in [0.15, 0.2) is 30.3 Å². The van der Waals surface area contributed by atoms with Gasteiger partial charge in [0.1, 0.15) is 6.54 Å². The number of benzene rings is 1. The van der Waals surface area contributed by atoms with Crippen LogP contribution in [0, 0.1) is 0 Å². The minimum Gasteiger partial charge on any atom is -1.00 e. The summed E-state index contributed by atoms with van der Waals surface area (Å²) in [6.07, 6.45) is 14.2. The number of rotatable bonds is 19. The summed E-state index contributed by atoms with van der Waals surface area (Å²) in [5.74, 6) is -3.78. The smallest absolute Gasteiger partial charge is 0.317 e. The predicted octanol–water partition coefficient (Wildman–Crippen LogP) is 1.73. The Labute approximate surface area is 223 Å². The van der Waals surface area contributed by atoms with E-state index in [9.17, 15) is 14.4 Å². The van der Waals surface area contributed by atoms with E-state index in [2.05, 4.69) is 51.4 Å². The van der Waals surface area contributed by atoms with Crippen molar-refractivity contribution in [3.63, 3.8) is 0 Å². The molecule has 0 spiro atoms. The maximum atomic E-state index is 10.1. The van der Waals surface area contributed by atoms with Crippen molar-refractivity contribution in [2.24, 2.45) is 0 Å². The molecule has 0 saturated heterocycles. The van der Waals surface area contributed by atoms with Gasteiger partial charge in [-0.2, -0.15) is 0 Å². The van der Waals surface area contributed by atoms with Gasteiger partial charge in [-0.25, -0.2) is 0 Å². The number of halogens is 1. The van der Waals surface area contributed by atoms with Crippen LogP contribution in [0.4, 0.5) is 0 Å². The van der Waals surface area contributed by atoms with Gasteiger partial charge >= 0.3 is 17.9 Å². The van der Waals surface area contributed by atoms with E-state index in [0.29, 0.717) is 0 Å². The molecular formula is C27H47ClN2O6. The van der Waals surface area contributed by atoms with Crippen molar-refractivity contribution in [1.82, 2.24) is 4.90 Å².